The Morgan fingerprint density at radius 3 is 2.20 bits per heavy atom. The fraction of sp³-hybridized carbons (Fsp3) is 0.812. The average molecular weight is 300 g/mol. The summed E-state index contributed by atoms with van der Waals surface area (Å²) in [4.78, 5) is 10.8. The van der Waals surface area contributed by atoms with Gasteiger partial charge in [0, 0.05) is 12.1 Å². The van der Waals surface area contributed by atoms with Crippen LogP contribution in [0.2, 0.25) is 0 Å². The molecule has 3 nitrogen and oxygen atoms in total. The number of nitrogens with two attached hydrogens (primary N) is 1. The summed E-state index contributed by atoms with van der Waals surface area (Å²) in [7, 11) is 4.65. The van der Waals surface area contributed by atoms with Crippen LogP contribution in [0, 0.1) is 5.92 Å². The lowest BCUT2D eigenvalue weighted by molar-refractivity contribution is -0.118. The molecule has 1 rings (SSSR count). The van der Waals surface area contributed by atoms with Crippen LogP contribution in [-0.4, -0.2) is 30.3 Å². The smallest absolute Gasteiger partial charge is 0.218 e. The minimum atomic E-state index is -0.222. The maximum atomic E-state index is 10.8. The van der Waals surface area contributed by atoms with Crippen LogP contribution in [0.25, 0.3) is 0 Å². The van der Waals surface area contributed by atoms with Gasteiger partial charge in [0.05, 0.1) is 0 Å². The van der Waals surface area contributed by atoms with Gasteiger partial charge in [0.1, 0.15) is 0 Å². The van der Waals surface area contributed by atoms with Crippen molar-refractivity contribution in [3.05, 3.63) is 12.2 Å². The number of amides is 1. The number of carbonyl (C=O) groups excluding carboxylic acids is 1. The van der Waals surface area contributed by atoms with Crippen LogP contribution in [0.3, 0.4) is 0 Å². The van der Waals surface area contributed by atoms with Gasteiger partial charge in [-0.1, -0.05) is 44.6 Å². The zero-order valence-corrected chi connectivity index (χ0v) is 14.7. The number of hydrogen-bond acceptors (Lipinski definition) is 2. The quantitative estimate of drug-likeness (QED) is 0.572. The highest BCUT2D eigenvalue weighted by molar-refractivity contribution is 7.36. The first-order valence-corrected chi connectivity index (χ1v) is 8.73. The van der Waals surface area contributed by atoms with Gasteiger partial charge in [-0.25, -0.2) is 0 Å². The number of allylic oxidation sites excluding steroid dienone is 1. The van der Waals surface area contributed by atoms with Crippen LogP contribution in [0.1, 0.15) is 58.8 Å². The molecule has 0 aliphatic heterocycles. The van der Waals surface area contributed by atoms with Gasteiger partial charge in [-0.3, -0.25) is 9.46 Å². The van der Waals surface area contributed by atoms with Gasteiger partial charge >= 0.3 is 0 Å². The summed E-state index contributed by atoms with van der Waals surface area (Å²) in [6, 6.07) is 0. The highest BCUT2D eigenvalue weighted by Gasteiger charge is 2.13. The molecule has 0 radical (unpaired) electrons. The summed E-state index contributed by atoms with van der Waals surface area (Å²) in [5.41, 5.74) is 6.61. The van der Waals surface area contributed by atoms with Crippen molar-refractivity contribution in [3.63, 3.8) is 0 Å². The lowest BCUT2D eigenvalue weighted by atomic mass is 10.1. The molecule has 1 fully saturated rings. The summed E-state index contributed by atoms with van der Waals surface area (Å²) >= 11 is 0. The Morgan fingerprint density at radius 1 is 1.35 bits per heavy atom. The maximum absolute atomic E-state index is 10.8. The van der Waals surface area contributed by atoms with Crippen LogP contribution in [0.15, 0.2) is 12.2 Å². The molecule has 1 aliphatic carbocycles. The maximum Gasteiger partial charge on any atom is 0.218 e. The van der Waals surface area contributed by atoms with E-state index in [0.717, 1.165) is 17.9 Å². The molecule has 118 valence electrons. The molecule has 2 unspecified atom stereocenters. The molecular formula is C16H33N2OP. The van der Waals surface area contributed by atoms with E-state index in [1.54, 1.807) is 0 Å². The SMILES string of the molecule is C=C(C)CC(CC(N)=O)PN(C)C.CCC1CCCC1. The Kier molecular flexibility index (Phi) is 11.1. The first kappa shape index (κ1) is 19.6. The molecule has 1 amide bonds. The van der Waals surface area contributed by atoms with Gasteiger partial charge in [-0.15, -0.1) is 6.58 Å². The third-order valence-corrected chi connectivity index (χ3v) is 4.83. The molecule has 0 spiro atoms. The van der Waals surface area contributed by atoms with E-state index < -0.39 is 0 Å². The van der Waals surface area contributed by atoms with Crippen molar-refractivity contribution in [2.24, 2.45) is 11.7 Å². The molecule has 0 bridgehead atoms. The highest BCUT2D eigenvalue weighted by Crippen LogP contribution is 2.28. The second kappa shape index (κ2) is 11.3. The molecule has 0 aromatic heterocycles. The van der Waals surface area contributed by atoms with Crippen molar-refractivity contribution in [1.29, 1.82) is 0 Å². The van der Waals surface area contributed by atoms with Crippen LogP contribution < -0.4 is 5.73 Å². The van der Waals surface area contributed by atoms with E-state index in [0.29, 0.717) is 20.8 Å². The molecule has 0 saturated heterocycles. The summed E-state index contributed by atoms with van der Waals surface area (Å²) in [6.07, 6.45) is 8.78. The topological polar surface area (TPSA) is 46.3 Å². The summed E-state index contributed by atoms with van der Waals surface area (Å²) in [5, 5.41) is 0. The molecule has 0 aromatic carbocycles. The number of carbonyl (C=O) groups is 1. The Bertz CT molecular complexity index is 270. The van der Waals surface area contributed by atoms with Gasteiger partial charge in [0.2, 0.25) is 5.91 Å². The Balaban J connectivity index is 0.000000428. The van der Waals surface area contributed by atoms with Crippen molar-refractivity contribution in [2.75, 3.05) is 14.1 Å². The molecular weight excluding hydrogens is 267 g/mol. The van der Waals surface area contributed by atoms with Crippen molar-refractivity contribution in [2.45, 2.75) is 64.5 Å². The predicted molar refractivity (Wildman–Crippen MR) is 91.3 cm³/mol. The average Bonchev–Trinajstić information content (AvgIpc) is 2.79. The van der Waals surface area contributed by atoms with Crippen molar-refractivity contribution < 1.29 is 4.79 Å². The van der Waals surface area contributed by atoms with Gasteiger partial charge in [0.25, 0.3) is 0 Å². The van der Waals surface area contributed by atoms with Crippen LogP contribution in [-0.2, 0) is 4.79 Å². The van der Waals surface area contributed by atoms with E-state index in [9.17, 15) is 4.79 Å². The zero-order valence-electron chi connectivity index (χ0n) is 13.7. The Hall–Kier alpha value is -0.400. The summed E-state index contributed by atoms with van der Waals surface area (Å²) in [5.74, 6) is 0.876. The molecule has 1 saturated carbocycles. The van der Waals surface area contributed by atoms with Crippen LogP contribution >= 0.6 is 8.73 Å². The van der Waals surface area contributed by atoms with Gasteiger partial charge in [0.15, 0.2) is 0 Å². The number of rotatable bonds is 7. The second-order valence-corrected chi connectivity index (χ2v) is 8.08. The lowest BCUT2D eigenvalue weighted by Crippen LogP contribution is -2.19. The molecule has 20 heavy (non-hydrogen) atoms. The van der Waals surface area contributed by atoms with E-state index in [1.807, 2.05) is 21.0 Å². The minimum absolute atomic E-state index is 0.222. The molecule has 1 aliphatic rings. The molecule has 2 N–H and O–H groups in total. The predicted octanol–water partition coefficient (Wildman–Crippen LogP) is 3.94. The van der Waals surface area contributed by atoms with E-state index in [2.05, 4.69) is 18.2 Å². The van der Waals surface area contributed by atoms with Crippen molar-refractivity contribution >= 4 is 14.6 Å². The van der Waals surface area contributed by atoms with Crippen molar-refractivity contribution in [3.8, 4) is 0 Å². The molecule has 0 heterocycles. The fourth-order valence-corrected chi connectivity index (χ4v) is 4.07. The number of hydrogen-bond donors (Lipinski definition) is 1. The lowest BCUT2D eigenvalue weighted by Gasteiger charge is -2.19. The highest BCUT2D eigenvalue weighted by atomic mass is 31.1. The molecule has 4 heteroatoms. The summed E-state index contributed by atoms with van der Waals surface area (Å²) in [6.45, 7) is 8.13. The minimum Gasteiger partial charge on any atom is -0.370 e. The summed E-state index contributed by atoms with van der Waals surface area (Å²) < 4.78 is 2.09. The Morgan fingerprint density at radius 2 is 1.90 bits per heavy atom. The zero-order chi connectivity index (χ0) is 15.5. The van der Waals surface area contributed by atoms with Crippen LogP contribution in [0.5, 0.6) is 0 Å². The first-order chi connectivity index (χ1) is 9.35. The first-order valence-electron chi connectivity index (χ1n) is 7.71. The van der Waals surface area contributed by atoms with Gasteiger partial charge in [-0.2, -0.15) is 0 Å². The standard InChI is InChI=1S/C9H19N2OP.C7H14/c1-7(2)5-8(6-9(10)12)13-11(3)4;1-2-7-5-3-4-6-7/h8,13H,1,5-6H2,2-4H3,(H2,10,12);7H,2-6H2,1H3. The molecule has 0 aromatic rings. The van der Waals surface area contributed by atoms with E-state index in [-0.39, 0.29) is 5.91 Å². The van der Waals surface area contributed by atoms with Gasteiger partial charge < -0.3 is 5.73 Å². The normalized spacial score (nSPS) is 17.2. The van der Waals surface area contributed by atoms with Crippen molar-refractivity contribution in [1.82, 2.24) is 4.67 Å². The molecule has 2 atom stereocenters. The van der Waals surface area contributed by atoms with Gasteiger partial charge in [-0.05, 0) is 42.1 Å². The second-order valence-electron chi connectivity index (χ2n) is 6.11. The fourth-order valence-electron chi connectivity index (χ4n) is 2.61. The largest absolute Gasteiger partial charge is 0.370 e. The van der Waals surface area contributed by atoms with E-state index >= 15 is 0 Å². The van der Waals surface area contributed by atoms with E-state index in [4.69, 9.17) is 5.73 Å². The Labute approximate surface area is 127 Å². The third-order valence-electron chi connectivity index (χ3n) is 3.54. The third kappa shape index (κ3) is 11.4. The van der Waals surface area contributed by atoms with E-state index in [1.165, 1.54) is 32.1 Å². The number of nitrogens with zero attached hydrogens (tertiary/aromatic N) is 1. The monoisotopic (exact) mass is 300 g/mol. The van der Waals surface area contributed by atoms with Crippen LogP contribution in [0.4, 0.5) is 0 Å². The number of primary amides is 1.